The van der Waals surface area contributed by atoms with Gasteiger partial charge in [0, 0.05) is 33.8 Å². The number of methoxy groups -OCH3 is 1. The highest BCUT2D eigenvalue weighted by Gasteiger charge is 2.58. The third-order valence-corrected chi connectivity index (χ3v) is 5.38. The van der Waals surface area contributed by atoms with Crippen molar-refractivity contribution in [3.8, 4) is 0 Å². The van der Waals surface area contributed by atoms with Crippen LogP contribution in [0.1, 0.15) is 6.42 Å². The van der Waals surface area contributed by atoms with Gasteiger partial charge in [-0.1, -0.05) is 12.2 Å². The maximum Gasteiger partial charge on any atom is 0.233 e. The van der Waals surface area contributed by atoms with Crippen molar-refractivity contribution in [2.24, 2.45) is 28.7 Å². The van der Waals surface area contributed by atoms with Crippen LogP contribution in [0.15, 0.2) is 17.1 Å². The van der Waals surface area contributed by atoms with E-state index >= 15 is 0 Å². The molecular formula is C18H28N4O4. The average Bonchev–Trinajstić information content (AvgIpc) is 3.32. The Morgan fingerprint density at radius 3 is 2.38 bits per heavy atom. The first kappa shape index (κ1) is 18.8. The van der Waals surface area contributed by atoms with E-state index in [1.54, 1.807) is 14.2 Å². The summed E-state index contributed by atoms with van der Waals surface area (Å²) in [6, 6.07) is 0. The lowest BCUT2D eigenvalue weighted by Crippen LogP contribution is -2.44. The standard InChI is InChI=1S/C18H28N4O4/c1-19-18(21-6-8-26-10-9-25-2)20-5-7-22-16(23)14-12-3-4-13(11-12)15(14)17(22)24/h3-4,12-15H,5-11H2,1-2H3,(H2,19,20,21). The highest BCUT2D eigenvalue weighted by Crippen LogP contribution is 2.52. The molecule has 2 bridgehead atoms. The number of aliphatic imine (C=N–C) groups is 1. The minimum absolute atomic E-state index is 0.00635. The van der Waals surface area contributed by atoms with Gasteiger partial charge in [0.15, 0.2) is 5.96 Å². The fourth-order valence-corrected chi connectivity index (χ4v) is 4.18. The molecule has 1 aliphatic heterocycles. The van der Waals surface area contributed by atoms with Crippen molar-refractivity contribution < 1.29 is 19.1 Å². The number of ether oxygens (including phenoxy) is 2. The molecule has 2 N–H and O–H groups in total. The molecule has 3 rings (SSSR count). The van der Waals surface area contributed by atoms with E-state index < -0.39 is 0 Å². The van der Waals surface area contributed by atoms with Gasteiger partial charge in [0.05, 0.1) is 31.7 Å². The molecule has 1 saturated heterocycles. The minimum Gasteiger partial charge on any atom is -0.382 e. The second-order valence-electron chi connectivity index (χ2n) is 6.86. The van der Waals surface area contributed by atoms with Gasteiger partial charge in [0.25, 0.3) is 0 Å². The Kier molecular flexibility index (Phi) is 6.26. The monoisotopic (exact) mass is 364 g/mol. The molecular weight excluding hydrogens is 336 g/mol. The predicted octanol–water partition coefficient (Wildman–Crippen LogP) is -0.378. The van der Waals surface area contributed by atoms with Crippen molar-refractivity contribution in [1.82, 2.24) is 15.5 Å². The van der Waals surface area contributed by atoms with Crippen LogP contribution >= 0.6 is 0 Å². The lowest BCUT2D eigenvalue weighted by molar-refractivity contribution is -0.140. The van der Waals surface area contributed by atoms with Gasteiger partial charge in [-0.15, -0.1) is 0 Å². The smallest absolute Gasteiger partial charge is 0.233 e. The van der Waals surface area contributed by atoms with Crippen LogP contribution in [0.3, 0.4) is 0 Å². The zero-order chi connectivity index (χ0) is 18.5. The number of likely N-dealkylation sites (tertiary alicyclic amines) is 1. The Balaban J connectivity index is 1.38. The lowest BCUT2D eigenvalue weighted by atomic mass is 9.85. The van der Waals surface area contributed by atoms with Crippen molar-refractivity contribution in [2.75, 3.05) is 53.6 Å². The highest BCUT2D eigenvalue weighted by molar-refractivity contribution is 6.06. The first-order chi connectivity index (χ1) is 12.7. The molecule has 8 heteroatoms. The predicted molar refractivity (Wildman–Crippen MR) is 96.5 cm³/mol. The maximum absolute atomic E-state index is 12.6. The molecule has 1 heterocycles. The molecule has 0 aromatic carbocycles. The number of nitrogens with one attached hydrogen (secondary N) is 2. The van der Waals surface area contributed by atoms with Gasteiger partial charge in [0.1, 0.15) is 0 Å². The summed E-state index contributed by atoms with van der Waals surface area (Å²) < 4.78 is 10.3. The maximum atomic E-state index is 12.6. The molecule has 2 aliphatic carbocycles. The van der Waals surface area contributed by atoms with Gasteiger partial charge in [-0.3, -0.25) is 19.5 Å². The summed E-state index contributed by atoms with van der Waals surface area (Å²) in [4.78, 5) is 30.8. The first-order valence-corrected chi connectivity index (χ1v) is 9.22. The Labute approximate surface area is 154 Å². The molecule has 3 aliphatic rings. The summed E-state index contributed by atoms with van der Waals surface area (Å²) >= 11 is 0. The van der Waals surface area contributed by atoms with Gasteiger partial charge in [-0.2, -0.15) is 0 Å². The molecule has 144 valence electrons. The molecule has 26 heavy (non-hydrogen) atoms. The normalized spacial score (nSPS) is 29.6. The van der Waals surface area contributed by atoms with Crippen molar-refractivity contribution in [3.05, 3.63) is 12.2 Å². The number of hydrogen-bond donors (Lipinski definition) is 2. The van der Waals surface area contributed by atoms with Crippen LogP contribution in [-0.4, -0.2) is 76.3 Å². The third kappa shape index (κ3) is 3.76. The fourth-order valence-electron chi connectivity index (χ4n) is 4.18. The van der Waals surface area contributed by atoms with Crippen molar-refractivity contribution >= 4 is 17.8 Å². The van der Waals surface area contributed by atoms with E-state index in [-0.39, 0.29) is 35.5 Å². The Morgan fingerprint density at radius 1 is 1.12 bits per heavy atom. The molecule has 0 spiro atoms. The number of hydrogen-bond acceptors (Lipinski definition) is 5. The summed E-state index contributed by atoms with van der Waals surface area (Å²) in [6.07, 6.45) is 5.18. The molecule has 0 aromatic rings. The van der Waals surface area contributed by atoms with Crippen molar-refractivity contribution in [2.45, 2.75) is 6.42 Å². The van der Waals surface area contributed by atoms with E-state index in [0.29, 0.717) is 45.4 Å². The largest absolute Gasteiger partial charge is 0.382 e. The topological polar surface area (TPSA) is 92.3 Å². The molecule has 2 amide bonds. The number of nitrogens with zero attached hydrogens (tertiary/aromatic N) is 2. The molecule has 4 atom stereocenters. The van der Waals surface area contributed by atoms with E-state index in [9.17, 15) is 9.59 Å². The van der Waals surface area contributed by atoms with Gasteiger partial charge < -0.3 is 20.1 Å². The fraction of sp³-hybridized carbons (Fsp3) is 0.722. The van der Waals surface area contributed by atoms with Crippen LogP contribution in [0.2, 0.25) is 0 Å². The summed E-state index contributed by atoms with van der Waals surface area (Å²) in [6.45, 7) is 3.14. The number of guanidine groups is 1. The van der Waals surface area contributed by atoms with E-state index in [1.165, 1.54) is 4.90 Å². The van der Waals surface area contributed by atoms with Crippen LogP contribution in [-0.2, 0) is 19.1 Å². The molecule has 4 unspecified atom stereocenters. The van der Waals surface area contributed by atoms with Gasteiger partial charge in [-0.25, -0.2) is 0 Å². The quantitative estimate of drug-likeness (QED) is 0.191. The summed E-state index contributed by atoms with van der Waals surface area (Å²) in [5.41, 5.74) is 0. The van der Waals surface area contributed by atoms with Gasteiger partial charge >= 0.3 is 0 Å². The number of carbonyl (C=O) groups is 2. The molecule has 0 aromatic heterocycles. The van der Waals surface area contributed by atoms with Crippen LogP contribution in [0.25, 0.3) is 0 Å². The minimum atomic E-state index is -0.126. The highest BCUT2D eigenvalue weighted by atomic mass is 16.5. The van der Waals surface area contributed by atoms with Gasteiger partial charge in [-0.05, 0) is 18.3 Å². The molecule has 0 radical (unpaired) electrons. The third-order valence-electron chi connectivity index (χ3n) is 5.38. The van der Waals surface area contributed by atoms with Gasteiger partial charge in [0.2, 0.25) is 11.8 Å². The van der Waals surface area contributed by atoms with Crippen LogP contribution < -0.4 is 10.6 Å². The lowest BCUT2D eigenvalue weighted by Gasteiger charge is -2.18. The summed E-state index contributed by atoms with van der Waals surface area (Å²) in [5.74, 6) is 0.875. The number of amides is 2. The number of imide groups is 1. The van der Waals surface area contributed by atoms with E-state index in [2.05, 4.69) is 27.8 Å². The summed E-state index contributed by atoms with van der Waals surface area (Å²) in [7, 11) is 3.32. The number of carbonyl (C=O) groups excluding carboxylic acids is 2. The summed E-state index contributed by atoms with van der Waals surface area (Å²) in [5, 5.41) is 6.27. The molecule has 8 nitrogen and oxygen atoms in total. The van der Waals surface area contributed by atoms with E-state index in [0.717, 1.165) is 6.42 Å². The second-order valence-corrected chi connectivity index (χ2v) is 6.86. The van der Waals surface area contributed by atoms with E-state index in [1.807, 2.05) is 0 Å². The Bertz CT molecular complexity index is 562. The Morgan fingerprint density at radius 2 is 1.77 bits per heavy atom. The average molecular weight is 364 g/mol. The second kappa shape index (κ2) is 8.64. The first-order valence-electron chi connectivity index (χ1n) is 9.22. The number of allylic oxidation sites excluding steroid dienone is 2. The van der Waals surface area contributed by atoms with Crippen molar-refractivity contribution in [3.63, 3.8) is 0 Å². The SMILES string of the molecule is CN=C(NCCOCCOC)NCCN1C(=O)C2C3C=CC(C3)C2C1=O. The zero-order valence-electron chi connectivity index (χ0n) is 15.4. The van der Waals surface area contributed by atoms with Crippen LogP contribution in [0.4, 0.5) is 0 Å². The van der Waals surface area contributed by atoms with E-state index in [4.69, 9.17) is 9.47 Å². The van der Waals surface area contributed by atoms with Crippen molar-refractivity contribution in [1.29, 1.82) is 0 Å². The zero-order valence-corrected chi connectivity index (χ0v) is 15.4. The molecule has 1 saturated carbocycles. The molecule has 2 fully saturated rings. The Hall–Kier alpha value is -1.93. The van der Waals surface area contributed by atoms with Crippen LogP contribution in [0.5, 0.6) is 0 Å². The number of rotatable bonds is 9. The number of fused-ring (bicyclic) bond motifs is 5. The van der Waals surface area contributed by atoms with Crippen LogP contribution in [0, 0.1) is 23.7 Å².